The van der Waals surface area contributed by atoms with Crippen molar-refractivity contribution in [2.45, 2.75) is 39.0 Å². The van der Waals surface area contributed by atoms with Crippen LogP contribution in [0, 0.1) is 11.3 Å². The summed E-state index contributed by atoms with van der Waals surface area (Å²) >= 11 is 0. The van der Waals surface area contributed by atoms with Gasteiger partial charge in [-0.1, -0.05) is 36.6 Å². The summed E-state index contributed by atoms with van der Waals surface area (Å²) in [6, 6.07) is 0. The van der Waals surface area contributed by atoms with Crippen LogP contribution in [0.25, 0.3) is 0 Å². The van der Waals surface area contributed by atoms with Crippen LogP contribution in [0.4, 0.5) is 0 Å². The van der Waals surface area contributed by atoms with Crippen LogP contribution in [0.15, 0.2) is 23.8 Å². The lowest BCUT2D eigenvalue weighted by molar-refractivity contribution is -0.154. The van der Waals surface area contributed by atoms with E-state index in [-0.39, 0.29) is 5.92 Å². The van der Waals surface area contributed by atoms with Gasteiger partial charge in [-0.3, -0.25) is 4.79 Å². The highest BCUT2D eigenvalue weighted by atomic mass is 16.4. The lowest BCUT2D eigenvalue weighted by atomic mass is 9.66. The van der Waals surface area contributed by atoms with Crippen LogP contribution in [0.1, 0.15) is 39.0 Å². The normalized spacial score (nSPS) is 29.1. The first-order valence-electron chi connectivity index (χ1n) is 6.20. The molecule has 1 atom stereocenters. The van der Waals surface area contributed by atoms with Crippen LogP contribution >= 0.6 is 0 Å². The molecule has 0 amide bonds. The van der Waals surface area contributed by atoms with E-state index >= 15 is 0 Å². The summed E-state index contributed by atoms with van der Waals surface area (Å²) in [5.74, 6) is -1.73. The molecule has 2 aliphatic rings. The predicted molar refractivity (Wildman–Crippen MR) is 64.5 cm³/mol. The quantitative estimate of drug-likeness (QED) is 0.764. The molecule has 0 radical (unpaired) electrons. The monoisotopic (exact) mass is 234 g/mol. The van der Waals surface area contributed by atoms with Gasteiger partial charge in [-0.25, -0.2) is 4.79 Å². The molecule has 92 valence electrons. The number of aliphatic carboxylic acids is 1. The molecule has 0 heterocycles. The topological polar surface area (TPSA) is 54.4 Å². The Bertz CT molecular complexity index is 400. The van der Waals surface area contributed by atoms with Gasteiger partial charge >= 0.3 is 5.97 Å². The van der Waals surface area contributed by atoms with Crippen molar-refractivity contribution < 1.29 is 14.7 Å². The van der Waals surface area contributed by atoms with Crippen molar-refractivity contribution in [1.82, 2.24) is 0 Å². The SMILES string of the molecule is CC1=CCC(C(=O)C(=O)O)(C2CCCC2)C=C1. The summed E-state index contributed by atoms with van der Waals surface area (Å²) in [6.45, 7) is 1.97. The van der Waals surface area contributed by atoms with Crippen LogP contribution in [0.5, 0.6) is 0 Å². The molecule has 3 nitrogen and oxygen atoms in total. The molecule has 1 fully saturated rings. The fraction of sp³-hybridized carbons (Fsp3) is 0.571. The second-order valence-corrected chi connectivity index (χ2v) is 5.14. The van der Waals surface area contributed by atoms with E-state index in [1.165, 1.54) is 0 Å². The van der Waals surface area contributed by atoms with Gasteiger partial charge in [0.05, 0.1) is 5.41 Å². The summed E-state index contributed by atoms with van der Waals surface area (Å²) in [7, 11) is 0. The maximum absolute atomic E-state index is 12.0. The highest BCUT2D eigenvalue weighted by Gasteiger charge is 2.47. The number of carbonyl (C=O) groups is 2. The van der Waals surface area contributed by atoms with Gasteiger partial charge in [-0.15, -0.1) is 0 Å². The minimum atomic E-state index is -1.30. The molecule has 1 saturated carbocycles. The molecule has 17 heavy (non-hydrogen) atoms. The van der Waals surface area contributed by atoms with Gasteiger partial charge in [-0.05, 0) is 32.1 Å². The molecule has 0 spiro atoms. The first-order chi connectivity index (χ1) is 8.06. The third-order valence-electron chi connectivity index (χ3n) is 4.11. The number of rotatable bonds is 3. The molecule has 2 aliphatic carbocycles. The predicted octanol–water partition coefficient (Wildman–Crippen LogP) is 2.72. The van der Waals surface area contributed by atoms with E-state index < -0.39 is 17.2 Å². The van der Waals surface area contributed by atoms with Crippen molar-refractivity contribution in [2.75, 3.05) is 0 Å². The number of carboxylic acids is 1. The van der Waals surface area contributed by atoms with Gasteiger partial charge in [0.25, 0.3) is 0 Å². The van der Waals surface area contributed by atoms with E-state index in [0.29, 0.717) is 6.42 Å². The Morgan fingerprint density at radius 3 is 2.47 bits per heavy atom. The fourth-order valence-corrected chi connectivity index (χ4v) is 3.04. The summed E-state index contributed by atoms with van der Waals surface area (Å²) < 4.78 is 0. The van der Waals surface area contributed by atoms with Crippen molar-refractivity contribution in [3.63, 3.8) is 0 Å². The Labute approximate surface area is 101 Å². The lowest BCUT2D eigenvalue weighted by Crippen LogP contribution is -2.41. The van der Waals surface area contributed by atoms with E-state index in [9.17, 15) is 9.59 Å². The van der Waals surface area contributed by atoms with Gasteiger partial charge in [0.1, 0.15) is 0 Å². The molecule has 0 bridgehead atoms. The molecule has 2 rings (SSSR count). The average molecular weight is 234 g/mol. The second kappa shape index (κ2) is 4.47. The number of ketones is 1. The maximum atomic E-state index is 12.0. The van der Waals surface area contributed by atoms with Gasteiger partial charge in [-0.2, -0.15) is 0 Å². The third-order valence-corrected chi connectivity index (χ3v) is 4.11. The van der Waals surface area contributed by atoms with Gasteiger partial charge in [0.15, 0.2) is 0 Å². The van der Waals surface area contributed by atoms with E-state index in [1.807, 2.05) is 25.2 Å². The second-order valence-electron chi connectivity index (χ2n) is 5.14. The summed E-state index contributed by atoms with van der Waals surface area (Å²) in [5.41, 5.74) is 0.332. The fourth-order valence-electron chi connectivity index (χ4n) is 3.04. The highest BCUT2D eigenvalue weighted by Crippen LogP contribution is 2.46. The van der Waals surface area contributed by atoms with Gasteiger partial charge < -0.3 is 5.11 Å². The van der Waals surface area contributed by atoms with Gasteiger partial charge in [0.2, 0.25) is 5.78 Å². The summed E-state index contributed by atoms with van der Waals surface area (Å²) in [4.78, 5) is 23.1. The minimum Gasteiger partial charge on any atom is -0.475 e. The van der Waals surface area contributed by atoms with Crippen LogP contribution in [0.2, 0.25) is 0 Å². The van der Waals surface area contributed by atoms with Crippen LogP contribution in [-0.4, -0.2) is 16.9 Å². The first kappa shape index (κ1) is 12.1. The van der Waals surface area contributed by atoms with E-state index in [1.54, 1.807) is 0 Å². The zero-order chi connectivity index (χ0) is 12.5. The van der Waals surface area contributed by atoms with Crippen molar-refractivity contribution in [3.8, 4) is 0 Å². The Kier molecular flexibility index (Phi) is 3.18. The van der Waals surface area contributed by atoms with Crippen molar-refractivity contribution in [1.29, 1.82) is 0 Å². The smallest absolute Gasteiger partial charge is 0.373 e. The largest absolute Gasteiger partial charge is 0.475 e. The number of hydrogen-bond acceptors (Lipinski definition) is 2. The molecule has 0 aliphatic heterocycles. The molecule has 0 saturated heterocycles. The molecule has 0 aromatic heterocycles. The molecule has 0 aromatic carbocycles. The van der Waals surface area contributed by atoms with Crippen molar-refractivity contribution in [3.05, 3.63) is 23.8 Å². The van der Waals surface area contributed by atoms with Crippen LogP contribution in [0.3, 0.4) is 0 Å². The number of hydrogen-bond donors (Lipinski definition) is 1. The first-order valence-corrected chi connectivity index (χ1v) is 6.20. The van der Waals surface area contributed by atoms with E-state index in [0.717, 1.165) is 31.3 Å². The van der Waals surface area contributed by atoms with Gasteiger partial charge in [0, 0.05) is 0 Å². The number of allylic oxidation sites excluding steroid dienone is 4. The van der Waals surface area contributed by atoms with Crippen LogP contribution in [-0.2, 0) is 9.59 Å². The molecule has 1 unspecified atom stereocenters. The number of Topliss-reactive ketones (excluding diaryl/α,β-unsaturated/α-hetero) is 1. The zero-order valence-electron chi connectivity index (χ0n) is 10.1. The van der Waals surface area contributed by atoms with E-state index in [4.69, 9.17) is 5.11 Å². The number of carbonyl (C=O) groups excluding carboxylic acids is 1. The average Bonchev–Trinajstić information content (AvgIpc) is 2.83. The molecular weight excluding hydrogens is 216 g/mol. The Morgan fingerprint density at radius 2 is 2.00 bits per heavy atom. The molecular formula is C14H18O3. The van der Waals surface area contributed by atoms with Crippen LogP contribution < -0.4 is 0 Å². The Hall–Kier alpha value is -1.38. The van der Waals surface area contributed by atoms with Crippen molar-refractivity contribution >= 4 is 11.8 Å². The number of carboxylic acid groups (broad SMARTS) is 1. The van der Waals surface area contributed by atoms with Crippen molar-refractivity contribution in [2.24, 2.45) is 11.3 Å². The van der Waals surface area contributed by atoms with E-state index in [2.05, 4.69) is 0 Å². The maximum Gasteiger partial charge on any atom is 0.373 e. The molecule has 3 heteroatoms. The molecule has 1 N–H and O–H groups in total. The summed E-state index contributed by atoms with van der Waals surface area (Å²) in [6.07, 6.45) is 10.4. The Morgan fingerprint density at radius 1 is 1.35 bits per heavy atom. The molecule has 0 aromatic rings. The highest BCUT2D eigenvalue weighted by molar-refractivity contribution is 6.35. The standard InChI is InChI=1S/C14H18O3/c1-10-6-8-14(9-7-10,12(15)13(16)17)11-4-2-3-5-11/h6-8,11H,2-5,9H2,1H3,(H,16,17). The minimum absolute atomic E-state index is 0.201. The third kappa shape index (κ3) is 2.06. The lowest BCUT2D eigenvalue weighted by Gasteiger charge is -2.34. The zero-order valence-corrected chi connectivity index (χ0v) is 10.1. The summed E-state index contributed by atoms with van der Waals surface area (Å²) in [5, 5.41) is 9.02. The Balaban J connectivity index is 2.33.